The highest BCUT2D eigenvalue weighted by molar-refractivity contribution is 9.10. The average molecular weight is 274 g/mol. The van der Waals surface area contributed by atoms with Crippen molar-refractivity contribution in [3.63, 3.8) is 0 Å². The summed E-state index contributed by atoms with van der Waals surface area (Å²) in [7, 11) is 0. The van der Waals surface area contributed by atoms with Crippen LogP contribution in [0.2, 0.25) is 0 Å². The number of Topliss-reactive ketones (excluding diaryl/α,β-unsaturated/α-hetero) is 1. The number of halogens is 1. The number of hydrogen-bond donors (Lipinski definition) is 1. The lowest BCUT2D eigenvalue weighted by Gasteiger charge is -2.08. The van der Waals surface area contributed by atoms with E-state index < -0.39 is 0 Å². The van der Waals surface area contributed by atoms with Crippen LogP contribution < -0.4 is 5.73 Å². The summed E-state index contributed by atoms with van der Waals surface area (Å²) in [6.07, 6.45) is 2.00. The van der Waals surface area contributed by atoms with Crippen LogP contribution in [0.3, 0.4) is 0 Å². The van der Waals surface area contributed by atoms with Crippen molar-refractivity contribution in [1.82, 2.24) is 0 Å². The van der Waals surface area contributed by atoms with E-state index in [0.717, 1.165) is 23.1 Å². The maximum atomic E-state index is 11.3. The fourth-order valence-corrected chi connectivity index (χ4v) is 2.17. The maximum Gasteiger partial charge on any atom is 0.211 e. The molecule has 3 nitrogen and oxygen atoms in total. The Morgan fingerprint density at radius 3 is 2.60 bits per heavy atom. The Balaban J connectivity index is 3.00. The lowest BCUT2D eigenvalue weighted by atomic mass is 10.0. The van der Waals surface area contributed by atoms with Crippen LogP contribution in [0.4, 0.5) is 0 Å². The van der Waals surface area contributed by atoms with E-state index in [9.17, 15) is 4.79 Å². The van der Waals surface area contributed by atoms with E-state index in [0.29, 0.717) is 11.7 Å². The van der Waals surface area contributed by atoms with Crippen LogP contribution in [-0.4, -0.2) is 12.3 Å². The number of carbonyl (C=O) groups excluding carboxylic acids is 1. The second-order valence-corrected chi connectivity index (χ2v) is 4.32. The molecule has 15 heavy (non-hydrogen) atoms. The third-order valence-corrected chi connectivity index (χ3v) is 3.15. The molecule has 2 N–H and O–H groups in total. The Morgan fingerprint density at radius 1 is 1.53 bits per heavy atom. The van der Waals surface area contributed by atoms with Crippen LogP contribution >= 0.6 is 15.9 Å². The van der Waals surface area contributed by atoms with Crippen molar-refractivity contribution in [3.8, 4) is 0 Å². The molecule has 0 bridgehead atoms. The highest BCUT2D eigenvalue weighted by atomic mass is 79.9. The summed E-state index contributed by atoms with van der Waals surface area (Å²) < 4.78 is 6.40. The van der Waals surface area contributed by atoms with Crippen LogP contribution in [0.15, 0.2) is 15.0 Å². The molecule has 0 aliphatic rings. The summed E-state index contributed by atoms with van der Waals surface area (Å²) in [5, 5.41) is 0. The normalized spacial score (nSPS) is 11.0. The zero-order valence-electron chi connectivity index (χ0n) is 9.05. The number of ketones is 1. The van der Waals surface area contributed by atoms with Crippen LogP contribution in [0.5, 0.6) is 0 Å². The van der Waals surface area contributed by atoms with Crippen molar-refractivity contribution >= 4 is 21.7 Å². The first-order valence-electron chi connectivity index (χ1n) is 5.16. The van der Waals surface area contributed by atoms with E-state index in [2.05, 4.69) is 29.8 Å². The zero-order chi connectivity index (χ0) is 11.4. The highest BCUT2D eigenvalue weighted by Crippen LogP contribution is 2.32. The smallest absolute Gasteiger partial charge is 0.211 e. The Hall–Kier alpha value is -0.610. The van der Waals surface area contributed by atoms with Gasteiger partial charge in [0.1, 0.15) is 5.76 Å². The number of furan rings is 1. The number of rotatable bonds is 5. The minimum atomic E-state index is -0.159. The summed E-state index contributed by atoms with van der Waals surface area (Å²) in [5.74, 6) is 1.41. The van der Waals surface area contributed by atoms with Crippen LogP contribution in [0.25, 0.3) is 0 Å². The van der Waals surface area contributed by atoms with Gasteiger partial charge >= 0.3 is 0 Å². The van der Waals surface area contributed by atoms with Crippen LogP contribution in [-0.2, 0) is 0 Å². The van der Waals surface area contributed by atoms with Crippen molar-refractivity contribution in [2.75, 3.05) is 6.54 Å². The standard InChI is InChI=1S/C11H16BrNO2/c1-3-7(4-2)11-8(12)5-10(15-11)9(14)6-13/h5,7H,3-4,6,13H2,1-2H3. The lowest BCUT2D eigenvalue weighted by molar-refractivity contribution is 0.0972. The summed E-state index contributed by atoms with van der Waals surface area (Å²) >= 11 is 3.41. The molecule has 84 valence electrons. The third kappa shape index (κ3) is 2.69. The van der Waals surface area contributed by atoms with E-state index in [-0.39, 0.29) is 12.3 Å². The van der Waals surface area contributed by atoms with Gasteiger partial charge in [0.2, 0.25) is 5.78 Å². The zero-order valence-corrected chi connectivity index (χ0v) is 10.6. The molecule has 1 aromatic heterocycles. The van der Waals surface area contributed by atoms with E-state index in [4.69, 9.17) is 10.2 Å². The van der Waals surface area contributed by atoms with Gasteiger partial charge in [-0.05, 0) is 28.8 Å². The van der Waals surface area contributed by atoms with Gasteiger partial charge in [0.15, 0.2) is 5.76 Å². The van der Waals surface area contributed by atoms with Gasteiger partial charge in [-0.3, -0.25) is 4.79 Å². The molecule has 0 aromatic carbocycles. The van der Waals surface area contributed by atoms with Crippen LogP contribution in [0.1, 0.15) is 48.9 Å². The number of nitrogens with two attached hydrogens (primary N) is 1. The van der Waals surface area contributed by atoms with Gasteiger partial charge in [-0.15, -0.1) is 0 Å². The molecular weight excluding hydrogens is 258 g/mol. The summed E-state index contributed by atoms with van der Waals surface area (Å²) in [6.45, 7) is 4.20. The van der Waals surface area contributed by atoms with E-state index in [1.165, 1.54) is 0 Å². The van der Waals surface area contributed by atoms with Gasteiger partial charge < -0.3 is 10.2 Å². The molecule has 0 aliphatic carbocycles. The van der Waals surface area contributed by atoms with Crippen molar-refractivity contribution in [2.24, 2.45) is 5.73 Å². The van der Waals surface area contributed by atoms with Crippen molar-refractivity contribution in [2.45, 2.75) is 32.6 Å². The monoisotopic (exact) mass is 273 g/mol. The molecule has 1 aromatic rings. The minimum Gasteiger partial charge on any atom is -0.456 e. The lowest BCUT2D eigenvalue weighted by Crippen LogP contribution is -2.12. The second kappa shape index (κ2) is 5.47. The largest absolute Gasteiger partial charge is 0.456 e. The molecule has 1 rings (SSSR count). The quantitative estimate of drug-likeness (QED) is 0.839. The predicted octanol–water partition coefficient (Wildman–Crippen LogP) is 3.09. The molecule has 0 radical (unpaired) electrons. The Labute approximate surface area is 98.1 Å². The van der Waals surface area contributed by atoms with E-state index >= 15 is 0 Å². The molecule has 0 saturated carbocycles. The molecule has 0 aliphatic heterocycles. The fourth-order valence-electron chi connectivity index (χ4n) is 1.56. The Morgan fingerprint density at radius 2 is 2.13 bits per heavy atom. The first-order chi connectivity index (χ1) is 7.13. The van der Waals surface area contributed by atoms with Gasteiger partial charge in [0.05, 0.1) is 11.0 Å². The molecule has 0 unspecified atom stereocenters. The van der Waals surface area contributed by atoms with Gasteiger partial charge in [0, 0.05) is 12.0 Å². The van der Waals surface area contributed by atoms with Gasteiger partial charge in [0.25, 0.3) is 0 Å². The Bertz CT molecular complexity index is 342. The van der Waals surface area contributed by atoms with Crippen molar-refractivity contribution in [1.29, 1.82) is 0 Å². The molecule has 0 saturated heterocycles. The van der Waals surface area contributed by atoms with Gasteiger partial charge in [-0.2, -0.15) is 0 Å². The number of carbonyl (C=O) groups is 1. The minimum absolute atomic E-state index is 0.0116. The molecule has 0 fully saturated rings. The van der Waals surface area contributed by atoms with Gasteiger partial charge in [-0.1, -0.05) is 13.8 Å². The molecule has 0 amide bonds. The Kier molecular flexibility index (Phi) is 4.54. The highest BCUT2D eigenvalue weighted by Gasteiger charge is 2.19. The second-order valence-electron chi connectivity index (χ2n) is 3.46. The average Bonchev–Trinajstić information content (AvgIpc) is 2.62. The molecule has 0 spiro atoms. The summed E-state index contributed by atoms with van der Waals surface area (Å²) in [5.41, 5.74) is 5.28. The molecular formula is C11H16BrNO2. The summed E-state index contributed by atoms with van der Waals surface area (Å²) in [4.78, 5) is 11.3. The van der Waals surface area contributed by atoms with E-state index in [1.54, 1.807) is 6.07 Å². The molecule has 1 heterocycles. The topological polar surface area (TPSA) is 56.2 Å². The van der Waals surface area contributed by atoms with E-state index in [1.807, 2.05) is 0 Å². The SMILES string of the molecule is CCC(CC)c1oc(C(=O)CN)cc1Br. The first-order valence-corrected chi connectivity index (χ1v) is 5.95. The fraction of sp³-hybridized carbons (Fsp3) is 0.545. The molecule has 4 heteroatoms. The summed E-state index contributed by atoms with van der Waals surface area (Å²) in [6, 6.07) is 1.71. The molecule has 0 atom stereocenters. The first kappa shape index (κ1) is 12.5. The van der Waals surface area contributed by atoms with Crippen molar-refractivity contribution < 1.29 is 9.21 Å². The van der Waals surface area contributed by atoms with Gasteiger partial charge in [-0.25, -0.2) is 0 Å². The van der Waals surface area contributed by atoms with Crippen LogP contribution in [0, 0.1) is 0 Å². The van der Waals surface area contributed by atoms with Crippen molar-refractivity contribution in [3.05, 3.63) is 22.1 Å². The third-order valence-electron chi connectivity index (χ3n) is 2.53. The predicted molar refractivity (Wildman–Crippen MR) is 63.1 cm³/mol. The number of hydrogen-bond acceptors (Lipinski definition) is 3. The maximum absolute atomic E-state index is 11.3.